The first kappa shape index (κ1) is 13.4. The average molecular weight is 294 g/mol. The molecule has 0 radical (unpaired) electrons. The van der Waals surface area contributed by atoms with Gasteiger partial charge in [-0.2, -0.15) is 13.2 Å². The van der Waals surface area contributed by atoms with Gasteiger partial charge < -0.3 is 4.98 Å². The Morgan fingerprint density at radius 3 is 2.38 bits per heavy atom. The largest absolute Gasteiger partial charge is 0.417 e. The van der Waals surface area contributed by atoms with Crippen LogP contribution in [0.5, 0.6) is 0 Å². The van der Waals surface area contributed by atoms with Crippen LogP contribution in [-0.4, -0.2) is 28.7 Å². The quantitative estimate of drug-likeness (QED) is 0.822. The van der Waals surface area contributed by atoms with E-state index < -0.39 is 23.6 Å². The third-order valence-electron chi connectivity index (χ3n) is 3.44. The SMILES string of the molecule is CN1C(=O)c2[nH]cc(-c3ccccc3C(F)(F)F)c2C1=O. The van der Waals surface area contributed by atoms with Crippen molar-refractivity contribution in [3.05, 3.63) is 47.3 Å². The van der Waals surface area contributed by atoms with Gasteiger partial charge in [-0.05, 0) is 11.6 Å². The highest BCUT2D eigenvalue weighted by Gasteiger charge is 2.40. The van der Waals surface area contributed by atoms with Crippen LogP contribution in [0.3, 0.4) is 0 Å². The number of aromatic nitrogens is 1. The summed E-state index contributed by atoms with van der Waals surface area (Å²) in [6, 6.07) is 4.95. The summed E-state index contributed by atoms with van der Waals surface area (Å²) < 4.78 is 39.2. The van der Waals surface area contributed by atoms with E-state index in [0.717, 1.165) is 11.0 Å². The number of amides is 2. The van der Waals surface area contributed by atoms with Crippen molar-refractivity contribution in [1.29, 1.82) is 0 Å². The molecule has 1 aliphatic rings. The molecule has 1 aliphatic heterocycles. The van der Waals surface area contributed by atoms with Crippen molar-refractivity contribution in [3.63, 3.8) is 0 Å². The highest BCUT2D eigenvalue weighted by molar-refractivity contribution is 6.23. The van der Waals surface area contributed by atoms with Crippen molar-refractivity contribution in [2.75, 3.05) is 7.05 Å². The molecule has 0 saturated heterocycles. The maximum atomic E-state index is 13.1. The van der Waals surface area contributed by atoms with Gasteiger partial charge in [-0.3, -0.25) is 14.5 Å². The van der Waals surface area contributed by atoms with Gasteiger partial charge in [-0.15, -0.1) is 0 Å². The number of nitrogens with zero attached hydrogens (tertiary/aromatic N) is 1. The third-order valence-corrected chi connectivity index (χ3v) is 3.44. The van der Waals surface area contributed by atoms with E-state index in [0.29, 0.717) is 0 Å². The van der Waals surface area contributed by atoms with Crippen molar-refractivity contribution >= 4 is 11.8 Å². The summed E-state index contributed by atoms with van der Waals surface area (Å²) in [7, 11) is 1.29. The highest BCUT2D eigenvalue weighted by atomic mass is 19.4. The Morgan fingerprint density at radius 2 is 1.71 bits per heavy atom. The van der Waals surface area contributed by atoms with E-state index in [-0.39, 0.29) is 22.4 Å². The fourth-order valence-electron chi connectivity index (χ4n) is 2.42. The van der Waals surface area contributed by atoms with Crippen molar-refractivity contribution in [2.45, 2.75) is 6.18 Å². The van der Waals surface area contributed by atoms with Gasteiger partial charge in [-0.25, -0.2) is 0 Å². The monoisotopic (exact) mass is 294 g/mol. The zero-order chi connectivity index (χ0) is 15.4. The van der Waals surface area contributed by atoms with E-state index in [2.05, 4.69) is 4.98 Å². The number of benzene rings is 1. The molecule has 1 N–H and O–H groups in total. The molecular weight excluding hydrogens is 285 g/mol. The Hall–Kier alpha value is -2.57. The predicted octanol–water partition coefficient (Wildman–Crippen LogP) is 2.93. The lowest BCUT2D eigenvalue weighted by Crippen LogP contribution is -2.25. The third kappa shape index (κ3) is 1.84. The number of carbonyl (C=O) groups excluding carboxylic acids is 2. The van der Waals surface area contributed by atoms with Gasteiger partial charge in [0.05, 0.1) is 11.1 Å². The molecule has 0 fully saturated rings. The molecule has 3 rings (SSSR count). The van der Waals surface area contributed by atoms with Gasteiger partial charge in [0.15, 0.2) is 0 Å². The van der Waals surface area contributed by atoms with Crippen LogP contribution < -0.4 is 0 Å². The molecule has 2 aromatic rings. The minimum Gasteiger partial charge on any atom is -0.356 e. The molecule has 108 valence electrons. The van der Waals surface area contributed by atoms with E-state index in [1.54, 1.807) is 0 Å². The number of fused-ring (bicyclic) bond motifs is 1. The molecule has 0 atom stereocenters. The number of hydrogen-bond donors (Lipinski definition) is 1. The molecule has 4 nitrogen and oxygen atoms in total. The number of nitrogens with one attached hydrogen (secondary N) is 1. The second kappa shape index (κ2) is 4.21. The van der Waals surface area contributed by atoms with E-state index in [1.807, 2.05) is 0 Å². The molecule has 1 aromatic heterocycles. The van der Waals surface area contributed by atoms with Gasteiger partial charge in [0.25, 0.3) is 11.8 Å². The summed E-state index contributed by atoms with van der Waals surface area (Å²) in [5, 5.41) is 0. The lowest BCUT2D eigenvalue weighted by molar-refractivity contribution is -0.137. The van der Waals surface area contributed by atoms with E-state index in [1.165, 1.54) is 31.4 Å². The van der Waals surface area contributed by atoms with Crippen LogP contribution in [0.25, 0.3) is 11.1 Å². The van der Waals surface area contributed by atoms with Crippen LogP contribution in [0.4, 0.5) is 13.2 Å². The van der Waals surface area contributed by atoms with Crippen LogP contribution in [0.2, 0.25) is 0 Å². The van der Waals surface area contributed by atoms with Crippen molar-refractivity contribution in [2.24, 2.45) is 0 Å². The fraction of sp³-hybridized carbons (Fsp3) is 0.143. The summed E-state index contributed by atoms with van der Waals surface area (Å²) in [5.41, 5.74) is -0.880. The highest BCUT2D eigenvalue weighted by Crippen LogP contribution is 2.40. The number of aromatic amines is 1. The second-order valence-corrected chi connectivity index (χ2v) is 4.67. The smallest absolute Gasteiger partial charge is 0.356 e. The molecule has 0 bridgehead atoms. The molecule has 21 heavy (non-hydrogen) atoms. The van der Waals surface area contributed by atoms with Gasteiger partial charge in [0.2, 0.25) is 0 Å². The van der Waals surface area contributed by atoms with Crippen molar-refractivity contribution < 1.29 is 22.8 Å². The molecular formula is C14H9F3N2O2. The second-order valence-electron chi connectivity index (χ2n) is 4.67. The van der Waals surface area contributed by atoms with Crippen LogP contribution in [-0.2, 0) is 6.18 Å². The number of rotatable bonds is 1. The van der Waals surface area contributed by atoms with Gasteiger partial charge >= 0.3 is 6.18 Å². The van der Waals surface area contributed by atoms with Crippen LogP contribution in [0.1, 0.15) is 26.4 Å². The minimum atomic E-state index is -4.54. The van der Waals surface area contributed by atoms with Gasteiger partial charge in [0.1, 0.15) is 5.69 Å². The maximum Gasteiger partial charge on any atom is 0.417 e. The fourth-order valence-corrected chi connectivity index (χ4v) is 2.42. The number of hydrogen-bond acceptors (Lipinski definition) is 2. The Bertz CT molecular complexity index is 762. The van der Waals surface area contributed by atoms with Gasteiger partial charge in [-0.1, -0.05) is 18.2 Å². The van der Waals surface area contributed by atoms with Crippen LogP contribution in [0.15, 0.2) is 30.5 Å². The summed E-state index contributed by atoms with van der Waals surface area (Å²) in [6.07, 6.45) is -3.28. The number of carbonyl (C=O) groups is 2. The normalized spacial score (nSPS) is 14.8. The summed E-state index contributed by atoms with van der Waals surface area (Å²) in [4.78, 5) is 27.3. The molecule has 0 spiro atoms. The molecule has 2 amide bonds. The van der Waals surface area contributed by atoms with Crippen molar-refractivity contribution in [1.82, 2.24) is 9.88 Å². The lowest BCUT2D eigenvalue weighted by Gasteiger charge is -2.12. The molecule has 2 heterocycles. The summed E-state index contributed by atoms with van der Waals surface area (Å²) in [5.74, 6) is -1.16. The molecule has 0 unspecified atom stereocenters. The number of H-pyrrole nitrogens is 1. The Morgan fingerprint density at radius 1 is 1.05 bits per heavy atom. The van der Waals surface area contributed by atoms with E-state index in [9.17, 15) is 22.8 Å². The minimum absolute atomic E-state index is 0.0146. The first-order chi connectivity index (χ1) is 9.82. The number of halogens is 3. The van der Waals surface area contributed by atoms with Crippen LogP contribution in [0, 0.1) is 0 Å². The topological polar surface area (TPSA) is 53.2 Å². The van der Waals surface area contributed by atoms with Crippen molar-refractivity contribution in [3.8, 4) is 11.1 Å². The Labute approximate surface area is 117 Å². The predicted molar refractivity (Wildman–Crippen MR) is 67.7 cm³/mol. The average Bonchev–Trinajstić information content (AvgIpc) is 2.95. The first-order valence-electron chi connectivity index (χ1n) is 6.02. The zero-order valence-corrected chi connectivity index (χ0v) is 10.8. The Balaban J connectivity index is 2.25. The van der Waals surface area contributed by atoms with Gasteiger partial charge in [0, 0.05) is 18.8 Å². The zero-order valence-electron chi connectivity index (χ0n) is 10.8. The van der Waals surface area contributed by atoms with Crippen LogP contribution >= 0.6 is 0 Å². The summed E-state index contributed by atoms with van der Waals surface area (Å²) >= 11 is 0. The number of imide groups is 1. The first-order valence-corrected chi connectivity index (χ1v) is 6.02. The van der Waals surface area contributed by atoms with E-state index >= 15 is 0 Å². The standard InChI is InChI=1S/C14H9F3N2O2/c1-19-12(20)10-8(6-18-11(10)13(19)21)7-4-2-3-5-9(7)14(15,16)17/h2-6,18H,1H3. The number of alkyl halides is 3. The maximum absolute atomic E-state index is 13.1. The van der Waals surface area contributed by atoms with E-state index in [4.69, 9.17) is 0 Å². The lowest BCUT2D eigenvalue weighted by atomic mass is 9.98. The summed E-state index contributed by atoms with van der Waals surface area (Å²) in [6.45, 7) is 0. The molecule has 1 aromatic carbocycles. The Kier molecular flexibility index (Phi) is 2.69. The molecule has 7 heteroatoms. The molecule has 0 aliphatic carbocycles. The molecule has 0 saturated carbocycles.